The standard InChI is InChI=1S/C19H19FN2OS/c1-13(19-22-16-7-2-3-8-17(16)24-19)12-21-18(23)10-9-14-5-4-6-15(20)11-14/h2-8,11,13H,9-10,12H2,1H3,(H,21,23). The molecule has 3 aromatic rings. The molecule has 2 aromatic carbocycles. The van der Waals surface area contributed by atoms with Gasteiger partial charge in [0.15, 0.2) is 0 Å². The van der Waals surface area contributed by atoms with Gasteiger partial charge in [-0.3, -0.25) is 4.79 Å². The summed E-state index contributed by atoms with van der Waals surface area (Å²) in [7, 11) is 0. The second kappa shape index (κ2) is 7.53. The lowest BCUT2D eigenvalue weighted by Gasteiger charge is -2.10. The van der Waals surface area contributed by atoms with E-state index in [1.807, 2.05) is 24.3 Å². The molecule has 0 saturated carbocycles. The summed E-state index contributed by atoms with van der Waals surface area (Å²) in [5, 5.41) is 3.97. The molecule has 0 aliphatic heterocycles. The molecule has 0 saturated heterocycles. The third-order valence-electron chi connectivity index (χ3n) is 3.87. The van der Waals surface area contributed by atoms with Crippen LogP contribution in [0.4, 0.5) is 4.39 Å². The monoisotopic (exact) mass is 342 g/mol. The van der Waals surface area contributed by atoms with Crippen molar-refractivity contribution in [3.63, 3.8) is 0 Å². The van der Waals surface area contributed by atoms with Crippen molar-refractivity contribution in [2.24, 2.45) is 0 Å². The molecule has 24 heavy (non-hydrogen) atoms. The number of aromatic nitrogens is 1. The van der Waals surface area contributed by atoms with Crippen LogP contribution in [0.5, 0.6) is 0 Å². The summed E-state index contributed by atoms with van der Waals surface area (Å²) in [6, 6.07) is 14.4. The summed E-state index contributed by atoms with van der Waals surface area (Å²) >= 11 is 1.66. The molecule has 124 valence electrons. The first kappa shape index (κ1) is 16.6. The van der Waals surface area contributed by atoms with Gasteiger partial charge in [0.1, 0.15) is 5.82 Å². The van der Waals surface area contributed by atoms with Gasteiger partial charge in [-0.2, -0.15) is 0 Å². The number of hydrogen-bond acceptors (Lipinski definition) is 3. The Hall–Kier alpha value is -2.27. The Morgan fingerprint density at radius 3 is 2.88 bits per heavy atom. The van der Waals surface area contributed by atoms with Gasteiger partial charge in [0.25, 0.3) is 0 Å². The maximum absolute atomic E-state index is 13.1. The third-order valence-corrected chi connectivity index (χ3v) is 5.14. The summed E-state index contributed by atoms with van der Waals surface area (Å²) in [6.07, 6.45) is 0.898. The summed E-state index contributed by atoms with van der Waals surface area (Å²) in [6.45, 7) is 2.62. The fourth-order valence-corrected chi connectivity index (χ4v) is 3.51. The first-order valence-electron chi connectivity index (χ1n) is 7.98. The average molecular weight is 342 g/mol. The number of carbonyl (C=O) groups excluding carboxylic acids is 1. The van der Waals surface area contributed by atoms with Gasteiger partial charge in [-0.05, 0) is 36.2 Å². The van der Waals surface area contributed by atoms with Crippen LogP contribution in [-0.2, 0) is 11.2 Å². The van der Waals surface area contributed by atoms with E-state index >= 15 is 0 Å². The van der Waals surface area contributed by atoms with Gasteiger partial charge < -0.3 is 5.32 Å². The first-order chi connectivity index (χ1) is 11.6. The van der Waals surface area contributed by atoms with E-state index in [2.05, 4.69) is 23.3 Å². The number of rotatable bonds is 6. The molecule has 1 N–H and O–H groups in total. The van der Waals surface area contributed by atoms with Crippen molar-refractivity contribution in [3.8, 4) is 0 Å². The third kappa shape index (κ3) is 4.17. The molecular formula is C19H19FN2OS. The lowest BCUT2D eigenvalue weighted by atomic mass is 10.1. The number of amides is 1. The Labute approximate surface area is 144 Å². The lowest BCUT2D eigenvalue weighted by molar-refractivity contribution is -0.121. The van der Waals surface area contributed by atoms with Crippen LogP contribution >= 0.6 is 11.3 Å². The maximum atomic E-state index is 13.1. The van der Waals surface area contributed by atoms with Gasteiger partial charge in [0, 0.05) is 18.9 Å². The Morgan fingerprint density at radius 1 is 1.25 bits per heavy atom. The minimum Gasteiger partial charge on any atom is -0.355 e. The van der Waals surface area contributed by atoms with Gasteiger partial charge >= 0.3 is 0 Å². The molecule has 0 spiro atoms. The Bertz CT molecular complexity index is 813. The summed E-state index contributed by atoms with van der Waals surface area (Å²) in [4.78, 5) is 16.6. The molecule has 1 aromatic heterocycles. The molecule has 1 unspecified atom stereocenters. The molecule has 0 fully saturated rings. The number of benzene rings is 2. The zero-order valence-electron chi connectivity index (χ0n) is 13.5. The van der Waals surface area contributed by atoms with E-state index in [9.17, 15) is 9.18 Å². The van der Waals surface area contributed by atoms with E-state index in [1.54, 1.807) is 17.4 Å². The van der Waals surface area contributed by atoms with Gasteiger partial charge in [0.05, 0.1) is 15.2 Å². The molecule has 3 nitrogen and oxygen atoms in total. The van der Waals surface area contributed by atoms with Crippen LogP contribution in [0.3, 0.4) is 0 Å². The highest BCUT2D eigenvalue weighted by Gasteiger charge is 2.12. The Kier molecular flexibility index (Phi) is 5.20. The Morgan fingerprint density at radius 2 is 2.08 bits per heavy atom. The normalized spacial score (nSPS) is 12.2. The number of para-hydroxylation sites is 1. The van der Waals surface area contributed by atoms with E-state index < -0.39 is 0 Å². The SMILES string of the molecule is CC(CNC(=O)CCc1cccc(F)c1)c1nc2ccccc2s1. The number of nitrogens with one attached hydrogen (secondary N) is 1. The average Bonchev–Trinajstić information content (AvgIpc) is 3.02. The number of aryl methyl sites for hydroxylation is 1. The van der Waals surface area contributed by atoms with Crippen molar-refractivity contribution in [2.45, 2.75) is 25.7 Å². The van der Waals surface area contributed by atoms with Crippen LogP contribution in [0.25, 0.3) is 10.2 Å². The number of halogens is 1. The minimum atomic E-state index is -0.266. The van der Waals surface area contributed by atoms with Crippen molar-refractivity contribution in [1.29, 1.82) is 0 Å². The fraction of sp³-hybridized carbons (Fsp3) is 0.263. The van der Waals surface area contributed by atoms with Crippen molar-refractivity contribution in [3.05, 3.63) is 64.9 Å². The van der Waals surface area contributed by atoms with Crippen molar-refractivity contribution >= 4 is 27.5 Å². The largest absolute Gasteiger partial charge is 0.355 e. The summed E-state index contributed by atoms with van der Waals surface area (Å²) < 4.78 is 14.3. The Balaban J connectivity index is 1.50. The molecule has 0 aliphatic rings. The predicted octanol–water partition coefficient (Wildman–Crippen LogP) is 4.29. The van der Waals surface area contributed by atoms with Crippen LogP contribution < -0.4 is 5.32 Å². The second-order valence-electron chi connectivity index (χ2n) is 5.85. The lowest BCUT2D eigenvalue weighted by Crippen LogP contribution is -2.27. The molecule has 5 heteroatoms. The van der Waals surface area contributed by atoms with E-state index in [0.717, 1.165) is 20.8 Å². The van der Waals surface area contributed by atoms with Crippen LogP contribution in [0.1, 0.15) is 29.8 Å². The number of fused-ring (bicyclic) bond motifs is 1. The molecule has 0 radical (unpaired) electrons. The molecule has 0 bridgehead atoms. The number of nitrogens with zero attached hydrogens (tertiary/aromatic N) is 1. The molecule has 3 rings (SSSR count). The van der Waals surface area contributed by atoms with Crippen molar-refractivity contribution in [2.75, 3.05) is 6.54 Å². The van der Waals surface area contributed by atoms with Crippen LogP contribution in [0.15, 0.2) is 48.5 Å². The topological polar surface area (TPSA) is 42.0 Å². The first-order valence-corrected chi connectivity index (χ1v) is 8.80. The highest BCUT2D eigenvalue weighted by atomic mass is 32.1. The molecular weight excluding hydrogens is 323 g/mol. The van der Waals surface area contributed by atoms with Crippen LogP contribution in [0, 0.1) is 5.82 Å². The highest BCUT2D eigenvalue weighted by Crippen LogP contribution is 2.26. The zero-order chi connectivity index (χ0) is 16.9. The van der Waals surface area contributed by atoms with E-state index in [-0.39, 0.29) is 17.6 Å². The predicted molar refractivity (Wildman–Crippen MR) is 95.8 cm³/mol. The minimum absolute atomic E-state index is 0.0211. The van der Waals surface area contributed by atoms with Gasteiger partial charge in [-0.15, -0.1) is 11.3 Å². The highest BCUT2D eigenvalue weighted by molar-refractivity contribution is 7.18. The van der Waals surface area contributed by atoms with E-state index in [1.165, 1.54) is 12.1 Å². The molecule has 1 heterocycles. The van der Waals surface area contributed by atoms with E-state index in [0.29, 0.717) is 19.4 Å². The van der Waals surface area contributed by atoms with Gasteiger partial charge in [-0.1, -0.05) is 31.2 Å². The molecule has 0 aliphatic carbocycles. The summed E-state index contributed by atoms with van der Waals surface area (Å²) in [5.74, 6) is -0.120. The number of thiazole rings is 1. The van der Waals surface area contributed by atoms with Gasteiger partial charge in [0.2, 0.25) is 5.91 Å². The zero-order valence-corrected chi connectivity index (χ0v) is 14.3. The molecule has 1 amide bonds. The summed E-state index contributed by atoms with van der Waals surface area (Å²) in [5.41, 5.74) is 1.84. The fourth-order valence-electron chi connectivity index (χ4n) is 2.49. The number of hydrogen-bond donors (Lipinski definition) is 1. The van der Waals surface area contributed by atoms with Gasteiger partial charge in [-0.25, -0.2) is 9.37 Å². The van der Waals surface area contributed by atoms with Crippen molar-refractivity contribution in [1.82, 2.24) is 10.3 Å². The second-order valence-corrected chi connectivity index (χ2v) is 6.92. The van der Waals surface area contributed by atoms with Crippen LogP contribution in [-0.4, -0.2) is 17.4 Å². The molecule has 1 atom stereocenters. The maximum Gasteiger partial charge on any atom is 0.220 e. The van der Waals surface area contributed by atoms with Crippen LogP contribution in [0.2, 0.25) is 0 Å². The smallest absolute Gasteiger partial charge is 0.220 e. The van der Waals surface area contributed by atoms with E-state index in [4.69, 9.17) is 0 Å². The quantitative estimate of drug-likeness (QED) is 0.726. The van der Waals surface area contributed by atoms with Crippen molar-refractivity contribution < 1.29 is 9.18 Å². The number of carbonyl (C=O) groups is 1.